The Bertz CT molecular complexity index is 490. The van der Waals surface area contributed by atoms with Gasteiger partial charge in [0.1, 0.15) is 0 Å². The molecule has 1 atom stereocenters. The van der Waals surface area contributed by atoms with Crippen molar-refractivity contribution < 1.29 is 23.5 Å². The van der Waals surface area contributed by atoms with Crippen LogP contribution in [0.1, 0.15) is 17.9 Å². The number of carboxylic acids is 1. The summed E-state index contributed by atoms with van der Waals surface area (Å²) in [5, 5.41) is 9.07. The first kappa shape index (κ1) is 12.5. The molecule has 1 aromatic rings. The van der Waals surface area contributed by atoms with Crippen molar-refractivity contribution >= 4 is 17.6 Å². The molecule has 0 aliphatic carbocycles. The van der Waals surface area contributed by atoms with Gasteiger partial charge in [0.2, 0.25) is 0 Å². The number of carboxylic acid groups (broad SMARTS) is 1. The lowest BCUT2D eigenvalue weighted by atomic mass is 9.90. The Kier molecular flexibility index (Phi) is 3.27. The zero-order chi connectivity index (χ0) is 13.3. The molecule has 1 heterocycles. The standard InChI is InChI=1S/C12H11F2NO3/c13-10(14)11(16)15-6-5-8(12(17)18)7-3-1-2-4-9(7)15/h1-4,8,10H,5-6H2,(H,17,18). The van der Waals surface area contributed by atoms with Crippen LogP contribution in [0.25, 0.3) is 0 Å². The number of rotatable bonds is 2. The largest absolute Gasteiger partial charge is 0.481 e. The third-order valence-corrected chi connectivity index (χ3v) is 3.00. The quantitative estimate of drug-likeness (QED) is 0.877. The van der Waals surface area contributed by atoms with E-state index in [9.17, 15) is 18.4 Å². The second-order valence-corrected chi connectivity index (χ2v) is 4.03. The number of carbonyl (C=O) groups excluding carboxylic acids is 1. The molecule has 0 saturated heterocycles. The molecular weight excluding hydrogens is 244 g/mol. The number of anilines is 1. The molecular formula is C12H11F2NO3. The van der Waals surface area contributed by atoms with E-state index < -0.39 is 24.2 Å². The second kappa shape index (κ2) is 4.72. The molecule has 0 aromatic heterocycles. The topological polar surface area (TPSA) is 57.6 Å². The van der Waals surface area contributed by atoms with E-state index >= 15 is 0 Å². The number of benzene rings is 1. The number of amides is 1. The summed E-state index contributed by atoms with van der Waals surface area (Å²) in [6.45, 7) is -0.00282. The minimum absolute atomic E-state index is 0.00282. The Hall–Kier alpha value is -1.98. The van der Waals surface area contributed by atoms with Crippen LogP contribution < -0.4 is 4.90 Å². The van der Waals surface area contributed by atoms with Gasteiger partial charge in [0.15, 0.2) is 0 Å². The molecule has 6 heteroatoms. The van der Waals surface area contributed by atoms with E-state index in [-0.39, 0.29) is 18.7 Å². The third kappa shape index (κ3) is 2.05. The van der Waals surface area contributed by atoms with E-state index in [1.165, 1.54) is 6.07 Å². The summed E-state index contributed by atoms with van der Waals surface area (Å²) in [7, 11) is 0. The van der Waals surface area contributed by atoms with Crippen molar-refractivity contribution in [3.8, 4) is 0 Å². The zero-order valence-electron chi connectivity index (χ0n) is 9.35. The highest BCUT2D eigenvalue weighted by atomic mass is 19.3. The fourth-order valence-electron chi connectivity index (χ4n) is 2.17. The van der Waals surface area contributed by atoms with Crippen molar-refractivity contribution in [2.24, 2.45) is 0 Å². The number of aliphatic carboxylic acids is 1. The van der Waals surface area contributed by atoms with Crippen LogP contribution in [0.15, 0.2) is 24.3 Å². The molecule has 0 bridgehead atoms. The van der Waals surface area contributed by atoms with Crippen molar-refractivity contribution in [1.82, 2.24) is 0 Å². The number of para-hydroxylation sites is 1. The van der Waals surface area contributed by atoms with Crippen molar-refractivity contribution in [3.63, 3.8) is 0 Å². The molecule has 1 amide bonds. The maximum absolute atomic E-state index is 12.5. The molecule has 4 nitrogen and oxygen atoms in total. The summed E-state index contributed by atoms with van der Waals surface area (Å²) in [6.07, 6.45) is -2.94. The number of hydrogen-bond acceptors (Lipinski definition) is 2. The van der Waals surface area contributed by atoms with E-state index in [1.54, 1.807) is 18.2 Å². The fourth-order valence-corrected chi connectivity index (χ4v) is 2.17. The first-order valence-electron chi connectivity index (χ1n) is 5.43. The summed E-state index contributed by atoms with van der Waals surface area (Å²) < 4.78 is 24.9. The zero-order valence-corrected chi connectivity index (χ0v) is 9.35. The molecule has 2 rings (SSSR count). The van der Waals surface area contributed by atoms with Gasteiger partial charge >= 0.3 is 12.4 Å². The normalized spacial score (nSPS) is 18.6. The minimum Gasteiger partial charge on any atom is -0.481 e. The number of carbonyl (C=O) groups is 2. The maximum Gasteiger partial charge on any atom is 0.316 e. The summed E-state index contributed by atoms with van der Waals surface area (Å²) in [6, 6.07) is 6.27. The number of hydrogen-bond donors (Lipinski definition) is 1. The van der Waals surface area contributed by atoms with Gasteiger partial charge in [-0.1, -0.05) is 18.2 Å². The smallest absolute Gasteiger partial charge is 0.316 e. The van der Waals surface area contributed by atoms with E-state index in [0.717, 1.165) is 4.90 Å². The summed E-state index contributed by atoms with van der Waals surface area (Å²) in [5.41, 5.74) is 0.673. The van der Waals surface area contributed by atoms with Gasteiger partial charge in [-0.05, 0) is 18.1 Å². The average molecular weight is 255 g/mol. The van der Waals surface area contributed by atoms with Crippen LogP contribution in [0.4, 0.5) is 14.5 Å². The molecule has 0 radical (unpaired) electrons. The maximum atomic E-state index is 12.5. The second-order valence-electron chi connectivity index (χ2n) is 4.03. The van der Waals surface area contributed by atoms with Crippen molar-refractivity contribution in [2.75, 3.05) is 11.4 Å². The Morgan fingerprint density at radius 1 is 1.33 bits per heavy atom. The molecule has 1 aliphatic heterocycles. The van der Waals surface area contributed by atoms with E-state index in [0.29, 0.717) is 5.56 Å². The first-order valence-corrected chi connectivity index (χ1v) is 5.43. The van der Waals surface area contributed by atoms with E-state index in [2.05, 4.69) is 0 Å². The molecule has 1 N–H and O–H groups in total. The molecule has 0 saturated carbocycles. The van der Waals surface area contributed by atoms with Gasteiger partial charge in [-0.2, -0.15) is 8.78 Å². The van der Waals surface area contributed by atoms with Crippen LogP contribution in [0, 0.1) is 0 Å². The molecule has 0 fully saturated rings. The molecule has 1 aromatic carbocycles. The van der Waals surface area contributed by atoms with Gasteiger partial charge < -0.3 is 10.0 Å². The highest BCUT2D eigenvalue weighted by molar-refractivity contribution is 5.98. The highest BCUT2D eigenvalue weighted by Crippen LogP contribution is 2.35. The SMILES string of the molecule is O=C(O)C1CCN(C(=O)C(F)F)c2ccccc21. The van der Waals surface area contributed by atoms with Crippen molar-refractivity contribution in [2.45, 2.75) is 18.8 Å². The lowest BCUT2D eigenvalue weighted by Gasteiger charge is -2.32. The van der Waals surface area contributed by atoms with Gasteiger partial charge in [0.25, 0.3) is 5.91 Å². The summed E-state index contributed by atoms with van der Waals surface area (Å²) >= 11 is 0. The van der Waals surface area contributed by atoms with Crippen LogP contribution in [-0.4, -0.2) is 30.0 Å². The molecule has 0 spiro atoms. The predicted octanol–water partition coefficient (Wildman–Crippen LogP) is 1.86. The van der Waals surface area contributed by atoms with Gasteiger partial charge in [-0.3, -0.25) is 9.59 Å². The van der Waals surface area contributed by atoms with Gasteiger partial charge in [0.05, 0.1) is 5.92 Å². The Morgan fingerprint density at radius 3 is 2.61 bits per heavy atom. The third-order valence-electron chi connectivity index (χ3n) is 3.00. The number of alkyl halides is 2. The van der Waals surface area contributed by atoms with Crippen LogP contribution in [-0.2, 0) is 9.59 Å². The average Bonchev–Trinajstić information content (AvgIpc) is 2.36. The molecule has 1 aliphatic rings. The Morgan fingerprint density at radius 2 is 2.00 bits per heavy atom. The summed E-state index contributed by atoms with van der Waals surface area (Å²) in [4.78, 5) is 23.4. The van der Waals surface area contributed by atoms with Crippen LogP contribution >= 0.6 is 0 Å². The lowest BCUT2D eigenvalue weighted by molar-refractivity contribution is -0.139. The monoisotopic (exact) mass is 255 g/mol. The van der Waals surface area contributed by atoms with E-state index in [1.807, 2.05) is 0 Å². The minimum atomic E-state index is -3.08. The number of nitrogens with zero attached hydrogens (tertiary/aromatic N) is 1. The first-order chi connectivity index (χ1) is 8.52. The van der Waals surface area contributed by atoms with E-state index in [4.69, 9.17) is 5.11 Å². The lowest BCUT2D eigenvalue weighted by Crippen LogP contribution is -2.41. The predicted molar refractivity (Wildman–Crippen MR) is 59.8 cm³/mol. The van der Waals surface area contributed by atoms with Crippen LogP contribution in [0.5, 0.6) is 0 Å². The van der Waals surface area contributed by atoms with Gasteiger partial charge in [-0.15, -0.1) is 0 Å². The number of halogens is 2. The molecule has 18 heavy (non-hydrogen) atoms. The fraction of sp³-hybridized carbons (Fsp3) is 0.333. The van der Waals surface area contributed by atoms with Crippen molar-refractivity contribution in [1.29, 1.82) is 0 Å². The van der Waals surface area contributed by atoms with Crippen LogP contribution in [0.3, 0.4) is 0 Å². The Balaban J connectivity index is 2.42. The molecule has 1 unspecified atom stereocenters. The number of fused-ring (bicyclic) bond motifs is 1. The van der Waals surface area contributed by atoms with Gasteiger partial charge in [-0.25, -0.2) is 0 Å². The van der Waals surface area contributed by atoms with Gasteiger partial charge in [0, 0.05) is 12.2 Å². The summed E-state index contributed by atoms with van der Waals surface area (Å²) in [5.74, 6) is -3.04. The van der Waals surface area contributed by atoms with Crippen LogP contribution in [0.2, 0.25) is 0 Å². The highest BCUT2D eigenvalue weighted by Gasteiger charge is 2.34. The Labute approximate surface area is 102 Å². The van der Waals surface area contributed by atoms with Crippen molar-refractivity contribution in [3.05, 3.63) is 29.8 Å². The molecule has 96 valence electrons.